The highest BCUT2D eigenvalue weighted by Crippen LogP contribution is 2.33. The van der Waals surface area contributed by atoms with Crippen molar-refractivity contribution in [2.24, 2.45) is 29.6 Å². The highest BCUT2D eigenvalue weighted by atomic mass is 19.2. The van der Waals surface area contributed by atoms with Crippen molar-refractivity contribution in [2.75, 3.05) is 61.7 Å². The van der Waals surface area contributed by atoms with Gasteiger partial charge >= 0.3 is 0 Å². The Kier molecular flexibility index (Phi) is 40.7. The first-order valence-corrected chi connectivity index (χ1v) is 46.8. The summed E-state index contributed by atoms with van der Waals surface area (Å²) < 4.78 is 119. The van der Waals surface area contributed by atoms with Crippen molar-refractivity contribution in [1.29, 1.82) is 0 Å². The van der Waals surface area contributed by atoms with Gasteiger partial charge in [0.15, 0.2) is 94.3 Å². The van der Waals surface area contributed by atoms with Crippen molar-refractivity contribution in [3.8, 4) is 29.0 Å². The summed E-state index contributed by atoms with van der Waals surface area (Å²) in [6.07, 6.45) is 29.9. The van der Waals surface area contributed by atoms with Crippen molar-refractivity contribution in [1.82, 2.24) is 61.8 Å². The van der Waals surface area contributed by atoms with E-state index in [1.165, 1.54) is 75.3 Å². The number of carbonyl (C=O) groups is 10. The van der Waals surface area contributed by atoms with E-state index in [0.717, 1.165) is 164 Å². The molecule has 40 heteroatoms. The Labute approximate surface area is 810 Å². The molecule has 3 aromatic carbocycles. The Morgan fingerprint density at radius 1 is 0.319 bits per heavy atom. The van der Waals surface area contributed by atoms with E-state index in [2.05, 4.69) is 70.9 Å². The maximum absolute atomic E-state index is 14.2. The van der Waals surface area contributed by atoms with Crippen LogP contribution < -0.4 is 78.9 Å². The number of nitrogens with two attached hydrogens (primary N) is 5. The summed E-state index contributed by atoms with van der Waals surface area (Å²) in [5.74, 6) is -7.99. The van der Waals surface area contributed by atoms with Crippen molar-refractivity contribution in [2.45, 2.75) is 205 Å². The van der Waals surface area contributed by atoms with Gasteiger partial charge in [0.05, 0.1) is 30.2 Å². The van der Waals surface area contributed by atoms with Crippen molar-refractivity contribution >= 4 is 87.5 Å². The molecule has 34 nitrogen and oxygen atoms in total. The summed E-state index contributed by atoms with van der Waals surface area (Å²) in [5.41, 5.74) is 32.3. The Hall–Kier alpha value is -14.9. The quantitative estimate of drug-likeness (QED) is 0.0159. The average molecular weight is 1960 g/mol. The number of pyridine rings is 5. The number of anilines is 5. The number of Topliss-reactive ketones (excluding diaryl/α,β-unsaturated/α-hetero) is 5. The van der Waals surface area contributed by atoms with Gasteiger partial charge in [0, 0.05) is 105 Å². The molecule has 10 aromatic rings. The second-order valence-electron chi connectivity index (χ2n) is 35.2. The minimum absolute atomic E-state index is 0.0219. The molecule has 0 saturated heterocycles. The van der Waals surface area contributed by atoms with E-state index in [4.69, 9.17) is 52.4 Å². The van der Waals surface area contributed by atoms with Gasteiger partial charge in [0.2, 0.25) is 29.5 Å². The molecule has 5 saturated carbocycles. The fraction of sp³-hybridized carbons (Fsp3) is 0.416. The van der Waals surface area contributed by atoms with Crippen LogP contribution in [-0.2, 0) is 80.0 Å². The van der Waals surface area contributed by atoms with Crippen molar-refractivity contribution in [3.63, 3.8) is 0 Å². The normalized spacial score (nSPS) is 15.2. The minimum atomic E-state index is -0.907. The Bertz CT molecular complexity index is 5790. The number of benzene rings is 3. The predicted molar refractivity (Wildman–Crippen MR) is 505 cm³/mol. The molecule has 0 spiro atoms. The van der Waals surface area contributed by atoms with Gasteiger partial charge in [-0.15, -0.1) is 0 Å². The molecule has 5 unspecified atom stereocenters. The fourth-order valence-corrected chi connectivity index (χ4v) is 16.6. The minimum Gasteiger partial charge on any atom is -0.480 e. The number of para-hydroxylation sites is 1. The summed E-state index contributed by atoms with van der Waals surface area (Å²) in [7, 11) is 0. The monoisotopic (exact) mass is 1950 g/mol. The van der Waals surface area contributed by atoms with Gasteiger partial charge < -0.3 is 88.0 Å². The zero-order valence-corrected chi connectivity index (χ0v) is 78.2. The Morgan fingerprint density at radius 3 is 0.837 bits per heavy atom. The number of hydrogen-bond donors (Lipinski definition) is 10. The van der Waals surface area contributed by atoms with Crippen LogP contribution in [0, 0.1) is 78.3 Å². The van der Waals surface area contributed by atoms with Gasteiger partial charge in [-0.3, -0.25) is 47.9 Å². The van der Waals surface area contributed by atoms with E-state index in [9.17, 15) is 74.3 Å². The number of hydrogen-bond acceptors (Lipinski definition) is 29. The highest BCUT2D eigenvalue weighted by Gasteiger charge is 2.36. The molecule has 5 amide bonds. The molecule has 5 atom stereocenters. The lowest BCUT2D eigenvalue weighted by Gasteiger charge is -2.20. The molecular formula is C101H117F6N17O17. The van der Waals surface area contributed by atoms with Crippen LogP contribution in [0.4, 0.5) is 55.4 Å². The number of rotatable bonds is 40. The second kappa shape index (κ2) is 53.9. The molecule has 7 heterocycles. The first-order chi connectivity index (χ1) is 67.9. The van der Waals surface area contributed by atoms with Gasteiger partial charge in [0.1, 0.15) is 61.4 Å². The third-order valence-corrected chi connectivity index (χ3v) is 24.6. The Balaban J connectivity index is 0.000000169. The molecule has 0 bridgehead atoms. The molecule has 15 N–H and O–H groups in total. The smallest absolute Gasteiger partial charge is 0.254 e. The van der Waals surface area contributed by atoms with Gasteiger partial charge in [-0.1, -0.05) is 101 Å². The van der Waals surface area contributed by atoms with Crippen LogP contribution in [0.3, 0.4) is 0 Å². The number of nitrogens with one attached hydrogen (secondary N) is 5. The van der Waals surface area contributed by atoms with Gasteiger partial charge in [-0.25, -0.2) is 51.3 Å². The zero-order valence-electron chi connectivity index (χ0n) is 78.2. The van der Waals surface area contributed by atoms with Crippen LogP contribution in [-0.4, -0.2) is 157 Å². The first kappa shape index (κ1) is 107. The topological polar surface area (TPSA) is 524 Å². The highest BCUT2D eigenvalue weighted by molar-refractivity contribution is 5.94. The summed E-state index contributed by atoms with van der Waals surface area (Å²) in [4.78, 5) is 146. The third-order valence-electron chi connectivity index (χ3n) is 24.6. The van der Waals surface area contributed by atoms with Crippen LogP contribution in [0.1, 0.15) is 167 Å². The average Bonchev–Trinajstić information content (AvgIpc) is 1.13. The number of nitrogens with zero attached hydrogens (tertiary/aromatic N) is 7. The molecule has 5 aliphatic rings. The molecular weight excluding hydrogens is 1840 g/mol. The summed E-state index contributed by atoms with van der Waals surface area (Å²) in [6.45, 7) is 0.815. The molecule has 750 valence electrons. The van der Waals surface area contributed by atoms with Crippen LogP contribution in [0.15, 0.2) is 168 Å². The second-order valence-corrected chi connectivity index (χ2v) is 35.2. The van der Waals surface area contributed by atoms with E-state index < -0.39 is 120 Å². The maximum atomic E-state index is 14.2. The molecule has 141 heavy (non-hydrogen) atoms. The van der Waals surface area contributed by atoms with Gasteiger partial charge in [0.25, 0.3) is 11.8 Å². The molecule has 5 aliphatic carbocycles. The van der Waals surface area contributed by atoms with E-state index in [1.54, 1.807) is 73.1 Å². The number of amides is 5. The van der Waals surface area contributed by atoms with Gasteiger partial charge in [-0.2, -0.15) is 0 Å². The number of aromatic nitrogens is 7. The predicted octanol–water partition coefficient (Wildman–Crippen LogP) is 12.1. The largest absolute Gasteiger partial charge is 0.480 e. The van der Waals surface area contributed by atoms with Crippen LogP contribution in [0.25, 0.3) is 0 Å². The molecule has 15 rings (SSSR count). The number of ketones is 5. The SMILES string of the molecule is Cc1ccc(F)c(OCC(=O)C(Cc2ccc(N)nc2)NC(=O)C2CCCC2)c1F.Cc1ccc(F)c(OCC(=O)C(Cc2ccnc(N)c2)NC(=O)C2CCCC2)c1F.Nc1cc(CC(NC(=O)C2CCCC2)C(=O)COc2ccon2)ccn1.Nc1ccc(CC(NC(=O)C2CCCC2)C(=O)COc2c(F)cccc2F)cn1.Nc1ccc(CC(NC(=O)C2CCCC2)C(=O)COc2ccon2)cn1. The molecule has 0 radical (unpaired) electrons. The van der Waals surface area contributed by atoms with Crippen molar-refractivity contribution in [3.05, 3.63) is 233 Å². The van der Waals surface area contributed by atoms with Gasteiger partial charge in [-0.05, 0) is 194 Å². The number of halogens is 6. The van der Waals surface area contributed by atoms with E-state index in [1.807, 2.05) is 0 Å². The third kappa shape index (κ3) is 33.7. The van der Waals surface area contributed by atoms with E-state index in [-0.39, 0.29) is 126 Å². The summed E-state index contributed by atoms with van der Waals surface area (Å²) in [6, 6.07) is 23.8. The van der Waals surface area contributed by atoms with E-state index >= 15 is 0 Å². The van der Waals surface area contributed by atoms with E-state index in [0.29, 0.717) is 58.6 Å². The first-order valence-electron chi connectivity index (χ1n) is 46.8. The lowest BCUT2D eigenvalue weighted by Crippen LogP contribution is -2.46. The molecule has 7 aromatic heterocycles. The summed E-state index contributed by atoms with van der Waals surface area (Å²) in [5, 5.41) is 21.3. The zero-order chi connectivity index (χ0) is 101. The Morgan fingerprint density at radius 2 is 0.582 bits per heavy atom. The fourth-order valence-electron chi connectivity index (χ4n) is 16.6. The summed E-state index contributed by atoms with van der Waals surface area (Å²) >= 11 is 0. The number of carbonyl (C=O) groups excluding carboxylic acids is 10. The molecule has 5 fully saturated rings. The van der Waals surface area contributed by atoms with Crippen LogP contribution in [0.2, 0.25) is 0 Å². The lowest BCUT2D eigenvalue weighted by atomic mass is 10.0. The maximum Gasteiger partial charge on any atom is 0.254 e. The lowest BCUT2D eigenvalue weighted by molar-refractivity contribution is -0.131. The van der Waals surface area contributed by atoms with Crippen LogP contribution in [0.5, 0.6) is 29.0 Å². The number of ether oxygens (including phenoxy) is 5. The van der Waals surface area contributed by atoms with Crippen molar-refractivity contribution < 1.29 is 107 Å². The standard InChI is InChI=1S/2C22H25F2N3O3.C21H23F2N3O3.2C18H22N4O4/c1-13-6-8-16(23)21(20(13)24)30-12-18(28)17(10-14-7-9-19(25)26-11-14)27-22(29)15-4-2-3-5-15;1-13-6-7-16(23)21(20(13)24)30-12-18(28)17(10-14-8-9-26-19(25)11-14)27-22(29)15-4-2-3-5-15;22-15-6-3-7-16(23)20(15)29-12-18(27)17(10-13-8-9-19(24)25-11-13)26-21(28)14-4-1-2-5-14;19-16-10-12(5-7-20-16)9-14(21-18(24)13-3-1-2-4-13)15(23)11-25-17-6-8-26-22-17;19-16-6-5-12(10-20-16)9-14(21-18(24)13-3-1-2-4-13)15(23)11-25-17-7-8-26-22-17/h2*6-9,11,15,17H,2-5,10,12H2,1H3,(H2,25,26)(H,27,29);3,6-9,11,14,17H,1-2,4-5,10,12H2,(H2,24,25)(H,26,28);2*5-8,10,13-14H,1-4,9,11H2,(H2,19,20)(H,21,24). The number of nitrogen functional groups attached to an aromatic ring is 5. The molecule has 0 aliphatic heterocycles. The van der Waals surface area contributed by atoms with Crippen LogP contribution >= 0.6 is 0 Å². The number of aryl methyl sites for hydroxylation is 2.